The van der Waals surface area contributed by atoms with Crippen LogP contribution in [0.15, 0.2) is 18.2 Å². The zero-order valence-corrected chi connectivity index (χ0v) is 11.0. The van der Waals surface area contributed by atoms with E-state index in [2.05, 4.69) is 22.5 Å². The second-order valence-electron chi connectivity index (χ2n) is 4.01. The Balaban J connectivity index is 2.83. The lowest BCUT2D eigenvalue weighted by molar-refractivity contribution is -0.122. The molecule has 0 aliphatic rings. The van der Waals surface area contributed by atoms with Gasteiger partial charge in [-0.2, -0.15) is 0 Å². The van der Waals surface area contributed by atoms with E-state index in [0.29, 0.717) is 11.3 Å². The van der Waals surface area contributed by atoms with Crippen LogP contribution in [-0.4, -0.2) is 24.9 Å². The Morgan fingerprint density at radius 3 is 2.74 bits per heavy atom. The van der Waals surface area contributed by atoms with Crippen LogP contribution in [0.1, 0.15) is 18.1 Å². The highest BCUT2D eigenvalue weighted by Gasteiger charge is 2.06. The molecule has 0 saturated carbocycles. The second-order valence-corrected chi connectivity index (χ2v) is 4.01. The fraction of sp³-hybridized carbons (Fsp3) is 0.286. The molecule has 19 heavy (non-hydrogen) atoms. The Hall–Kier alpha value is -2.32. The molecule has 0 spiro atoms. The molecule has 5 nitrogen and oxygen atoms in total. The first-order valence-corrected chi connectivity index (χ1v) is 5.87. The van der Waals surface area contributed by atoms with Gasteiger partial charge in [0.2, 0.25) is 11.8 Å². The predicted octanol–water partition coefficient (Wildman–Crippen LogP) is 0.380. The molecule has 0 saturated heterocycles. The molecule has 5 heteroatoms. The van der Waals surface area contributed by atoms with E-state index in [0.717, 1.165) is 5.56 Å². The lowest BCUT2D eigenvalue weighted by Gasteiger charge is -2.09. The van der Waals surface area contributed by atoms with Crippen LogP contribution >= 0.6 is 0 Å². The SMILES string of the molecule is CC(=O)NCC(=O)Nc1cc(C)ccc1C#CCN. The molecule has 0 fully saturated rings. The maximum absolute atomic E-state index is 11.7. The summed E-state index contributed by atoms with van der Waals surface area (Å²) in [6.45, 7) is 3.47. The predicted molar refractivity (Wildman–Crippen MR) is 74.4 cm³/mol. The summed E-state index contributed by atoms with van der Waals surface area (Å²) in [5.74, 6) is 5.10. The first kappa shape index (κ1) is 14.7. The van der Waals surface area contributed by atoms with Crippen LogP contribution in [0.25, 0.3) is 0 Å². The topological polar surface area (TPSA) is 84.2 Å². The zero-order valence-electron chi connectivity index (χ0n) is 11.0. The summed E-state index contributed by atoms with van der Waals surface area (Å²) >= 11 is 0. The van der Waals surface area contributed by atoms with Gasteiger partial charge in [0.05, 0.1) is 18.8 Å². The lowest BCUT2D eigenvalue weighted by Crippen LogP contribution is -2.31. The number of anilines is 1. The van der Waals surface area contributed by atoms with Crippen molar-refractivity contribution in [3.8, 4) is 11.8 Å². The van der Waals surface area contributed by atoms with Crippen molar-refractivity contribution in [2.45, 2.75) is 13.8 Å². The number of nitrogens with one attached hydrogen (secondary N) is 2. The molecule has 0 aliphatic heterocycles. The number of amides is 2. The minimum Gasteiger partial charge on any atom is -0.347 e. The van der Waals surface area contributed by atoms with E-state index in [-0.39, 0.29) is 24.9 Å². The van der Waals surface area contributed by atoms with Crippen molar-refractivity contribution in [3.05, 3.63) is 29.3 Å². The molecular formula is C14H17N3O2. The van der Waals surface area contributed by atoms with E-state index in [1.807, 2.05) is 25.1 Å². The Labute approximate surface area is 112 Å². The lowest BCUT2D eigenvalue weighted by atomic mass is 10.1. The highest BCUT2D eigenvalue weighted by molar-refractivity contribution is 5.95. The summed E-state index contributed by atoms with van der Waals surface area (Å²) in [4.78, 5) is 22.4. The number of hydrogen-bond acceptors (Lipinski definition) is 3. The smallest absolute Gasteiger partial charge is 0.243 e. The standard InChI is InChI=1S/C14H17N3O2/c1-10-5-6-12(4-3-7-15)13(8-10)17-14(19)9-16-11(2)18/h5-6,8H,7,9,15H2,1-2H3,(H,16,18)(H,17,19). The number of carbonyl (C=O) groups excluding carboxylic acids is 2. The average Bonchev–Trinajstić information content (AvgIpc) is 2.35. The summed E-state index contributed by atoms with van der Waals surface area (Å²) in [5, 5.41) is 5.15. The quantitative estimate of drug-likeness (QED) is 0.686. The second kappa shape index (κ2) is 7.19. The third-order valence-electron chi connectivity index (χ3n) is 2.27. The van der Waals surface area contributed by atoms with Gasteiger partial charge in [0.1, 0.15) is 0 Å². The number of benzene rings is 1. The van der Waals surface area contributed by atoms with Gasteiger partial charge in [-0.1, -0.05) is 17.9 Å². The zero-order chi connectivity index (χ0) is 14.3. The molecule has 0 heterocycles. The van der Waals surface area contributed by atoms with Gasteiger partial charge in [-0.15, -0.1) is 0 Å². The number of aryl methyl sites for hydroxylation is 1. The Morgan fingerprint density at radius 1 is 1.37 bits per heavy atom. The minimum absolute atomic E-state index is 0.0625. The molecule has 0 unspecified atom stereocenters. The third kappa shape index (κ3) is 5.23. The number of rotatable bonds is 3. The first-order chi connectivity index (χ1) is 9.02. The van der Waals surface area contributed by atoms with E-state index in [9.17, 15) is 9.59 Å². The van der Waals surface area contributed by atoms with Gasteiger partial charge in [0.15, 0.2) is 0 Å². The van der Waals surface area contributed by atoms with Crippen LogP contribution in [0, 0.1) is 18.8 Å². The fourth-order valence-corrected chi connectivity index (χ4v) is 1.42. The van der Waals surface area contributed by atoms with Crippen molar-refractivity contribution < 1.29 is 9.59 Å². The first-order valence-electron chi connectivity index (χ1n) is 5.87. The van der Waals surface area contributed by atoms with Crippen LogP contribution in [0.2, 0.25) is 0 Å². The van der Waals surface area contributed by atoms with Gasteiger partial charge < -0.3 is 16.4 Å². The van der Waals surface area contributed by atoms with E-state index >= 15 is 0 Å². The number of carbonyl (C=O) groups is 2. The highest BCUT2D eigenvalue weighted by Crippen LogP contribution is 2.16. The maximum Gasteiger partial charge on any atom is 0.243 e. The molecule has 2 amide bonds. The van der Waals surface area contributed by atoms with Gasteiger partial charge in [0.25, 0.3) is 0 Å². The summed E-state index contributed by atoms with van der Waals surface area (Å²) in [5.41, 5.74) is 7.66. The van der Waals surface area contributed by atoms with E-state index in [1.165, 1.54) is 6.92 Å². The summed E-state index contributed by atoms with van der Waals surface area (Å²) in [7, 11) is 0. The van der Waals surface area contributed by atoms with Crippen molar-refractivity contribution in [2.24, 2.45) is 5.73 Å². The van der Waals surface area contributed by atoms with Gasteiger partial charge in [-0.25, -0.2) is 0 Å². The molecular weight excluding hydrogens is 242 g/mol. The highest BCUT2D eigenvalue weighted by atomic mass is 16.2. The van der Waals surface area contributed by atoms with Crippen LogP contribution in [0.3, 0.4) is 0 Å². The molecule has 0 radical (unpaired) electrons. The van der Waals surface area contributed by atoms with Gasteiger partial charge in [-0.3, -0.25) is 9.59 Å². The van der Waals surface area contributed by atoms with E-state index in [1.54, 1.807) is 0 Å². The van der Waals surface area contributed by atoms with Crippen LogP contribution in [0.5, 0.6) is 0 Å². The minimum atomic E-state index is -0.295. The molecule has 0 atom stereocenters. The molecule has 1 aromatic carbocycles. The fourth-order valence-electron chi connectivity index (χ4n) is 1.42. The van der Waals surface area contributed by atoms with Crippen LogP contribution < -0.4 is 16.4 Å². The van der Waals surface area contributed by atoms with Crippen molar-refractivity contribution in [3.63, 3.8) is 0 Å². The molecule has 0 aliphatic carbocycles. The van der Waals surface area contributed by atoms with E-state index in [4.69, 9.17) is 5.73 Å². The van der Waals surface area contributed by atoms with Crippen LogP contribution in [-0.2, 0) is 9.59 Å². The molecule has 0 aromatic heterocycles. The Kier molecular flexibility index (Phi) is 5.58. The van der Waals surface area contributed by atoms with Crippen LogP contribution in [0.4, 0.5) is 5.69 Å². The molecule has 4 N–H and O–H groups in total. The third-order valence-corrected chi connectivity index (χ3v) is 2.27. The average molecular weight is 259 g/mol. The van der Waals surface area contributed by atoms with Crippen molar-refractivity contribution in [2.75, 3.05) is 18.4 Å². The molecule has 0 bridgehead atoms. The van der Waals surface area contributed by atoms with Gasteiger partial charge in [0, 0.05) is 12.5 Å². The van der Waals surface area contributed by atoms with Crippen molar-refractivity contribution in [1.82, 2.24) is 5.32 Å². The normalized spacial score (nSPS) is 9.21. The van der Waals surface area contributed by atoms with E-state index < -0.39 is 0 Å². The largest absolute Gasteiger partial charge is 0.347 e. The molecule has 1 aromatic rings. The van der Waals surface area contributed by atoms with Gasteiger partial charge >= 0.3 is 0 Å². The maximum atomic E-state index is 11.7. The number of nitrogens with two attached hydrogens (primary N) is 1. The Bertz CT molecular complexity index is 541. The number of hydrogen-bond donors (Lipinski definition) is 3. The van der Waals surface area contributed by atoms with Gasteiger partial charge in [-0.05, 0) is 24.6 Å². The summed E-state index contributed by atoms with van der Waals surface area (Å²) in [6, 6.07) is 5.56. The summed E-state index contributed by atoms with van der Waals surface area (Å²) < 4.78 is 0. The van der Waals surface area contributed by atoms with Crippen molar-refractivity contribution in [1.29, 1.82) is 0 Å². The summed E-state index contributed by atoms with van der Waals surface area (Å²) in [6.07, 6.45) is 0. The monoisotopic (exact) mass is 259 g/mol. The molecule has 100 valence electrons. The molecule has 1 rings (SSSR count). The Morgan fingerprint density at radius 2 is 2.11 bits per heavy atom. The van der Waals surface area contributed by atoms with Crippen molar-refractivity contribution >= 4 is 17.5 Å².